The van der Waals surface area contributed by atoms with Gasteiger partial charge in [-0.25, -0.2) is 0 Å². The molecule has 0 amide bonds. The van der Waals surface area contributed by atoms with Gasteiger partial charge in [0.1, 0.15) is 11.6 Å². The van der Waals surface area contributed by atoms with Gasteiger partial charge in [0.05, 0.1) is 5.69 Å². The van der Waals surface area contributed by atoms with E-state index in [9.17, 15) is 10.1 Å². The Kier molecular flexibility index (Phi) is 3.48. The highest BCUT2D eigenvalue weighted by Gasteiger charge is 2.25. The average Bonchev–Trinajstić information content (AvgIpc) is 2.61. The Morgan fingerprint density at radius 3 is 2.46 bits per heavy atom. The molecule has 24 heavy (non-hydrogen) atoms. The summed E-state index contributed by atoms with van der Waals surface area (Å²) in [6.45, 7) is 0. The zero-order valence-corrected chi connectivity index (χ0v) is 13.5. The molecule has 1 heterocycles. The minimum Gasteiger partial charge on any atom is -0.320 e. The van der Waals surface area contributed by atoms with E-state index in [1.165, 1.54) is 5.56 Å². The molecule has 0 bridgehead atoms. The van der Waals surface area contributed by atoms with Crippen molar-refractivity contribution in [1.82, 2.24) is 4.98 Å². The SMILES string of the molecule is N#Cc1c(-c2ccccc2Cl)c2c([nH]c1=O)-c1ccccc1CC2. The van der Waals surface area contributed by atoms with Crippen molar-refractivity contribution in [3.8, 4) is 28.5 Å². The molecule has 0 radical (unpaired) electrons. The number of benzene rings is 2. The first-order chi connectivity index (χ1) is 11.7. The number of pyridine rings is 1. The lowest BCUT2D eigenvalue weighted by Crippen LogP contribution is -2.19. The van der Waals surface area contributed by atoms with Gasteiger partial charge in [-0.05, 0) is 30.0 Å². The first-order valence-corrected chi connectivity index (χ1v) is 8.11. The summed E-state index contributed by atoms with van der Waals surface area (Å²) in [6, 6.07) is 17.4. The van der Waals surface area contributed by atoms with Gasteiger partial charge in [0.15, 0.2) is 0 Å². The molecule has 0 fully saturated rings. The molecule has 0 unspecified atom stereocenters. The molecule has 3 aromatic rings. The molecule has 2 aromatic carbocycles. The lowest BCUT2D eigenvalue weighted by molar-refractivity contribution is 0.923. The second-order valence-corrected chi connectivity index (χ2v) is 6.21. The number of aromatic amines is 1. The highest BCUT2D eigenvalue weighted by atomic mass is 35.5. The Morgan fingerprint density at radius 2 is 1.71 bits per heavy atom. The predicted molar refractivity (Wildman–Crippen MR) is 95.1 cm³/mol. The number of nitrogens with zero attached hydrogens (tertiary/aromatic N) is 1. The summed E-state index contributed by atoms with van der Waals surface area (Å²) in [5, 5.41) is 10.1. The zero-order chi connectivity index (χ0) is 16.7. The first-order valence-electron chi connectivity index (χ1n) is 7.73. The van der Waals surface area contributed by atoms with Gasteiger partial charge in [-0.15, -0.1) is 0 Å². The Labute approximate surface area is 144 Å². The van der Waals surface area contributed by atoms with Crippen LogP contribution in [0.15, 0.2) is 53.3 Å². The third kappa shape index (κ3) is 2.16. The van der Waals surface area contributed by atoms with Gasteiger partial charge in [0.2, 0.25) is 0 Å². The van der Waals surface area contributed by atoms with Crippen LogP contribution in [-0.4, -0.2) is 4.98 Å². The van der Waals surface area contributed by atoms with E-state index in [4.69, 9.17) is 11.6 Å². The largest absolute Gasteiger partial charge is 0.320 e. The van der Waals surface area contributed by atoms with Crippen LogP contribution in [0.5, 0.6) is 0 Å². The van der Waals surface area contributed by atoms with Crippen LogP contribution in [0.4, 0.5) is 0 Å². The Bertz CT molecular complexity index is 1060. The molecular weight excluding hydrogens is 320 g/mol. The lowest BCUT2D eigenvalue weighted by Gasteiger charge is -2.23. The number of H-pyrrole nitrogens is 1. The topological polar surface area (TPSA) is 56.6 Å². The van der Waals surface area contributed by atoms with Crippen LogP contribution in [0.3, 0.4) is 0 Å². The number of hydrogen-bond acceptors (Lipinski definition) is 2. The van der Waals surface area contributed by atoms with E-state index in [1.807, 2.05) is 36.4 Å². The van der Waals surface area contributed by atoms with E-state index >= 15 is 0 Å². The van der Waals surface area contributed by atoms with Crippen LogP contribution in [-0.2, 0) is 12.8 Å². The third-order valence-electron chi connectivity index (χ3n) is 4.51. The molecule has 1 aliphatic carbocycles. The molecule has 116 valence electrons. The van der Waals surface area contributed by atoms with Gasteiger partial charge in [0.25, 0.3) is 5.56 Å². The van der Waals surface area contributed by atoms with Crippen LogP contribution in [0.1, 0.15) is 16.7 Å². The molecule has 0 spiro atoms. The monoisotopic (exact) mass is 332 g/mol. The van der Waals surface area contributed by atoms with E-state index in [-0.39, 0.29) is 11.1 Å². The van der Waals surface area contributed by atoms with Gasteiger partial charge < -0.3 is 4.98 Å². The number of halogens is 1. The highest BCUT2D eigenvalue weighted by Crippen LogP contribution is 2.39. The number of aromatic nitrogens is 1. The van der Waals surface area contributed by atoms with Crippen molar-refractivity contribution in [3.05, 3.63) is 80.6 Å². The summed E-state index contributed by atoms with van der Waals surface area (Å²) < 4.78 is 0. The molecule has 3 nitrogen and oxygen atoms in total. The van der Waals surface area contributed by atoms with Crippen molar-refractivity contribution < 1.29 is 0 Å². The number of nitriles is 1. The standard InChI is InChI=1S/C20H13ClN2O/c21-17-8-4-3-7-14(17)18-15-10-9-12-5-1-2-6-13(12)19(15)23-20(24)16(18)11-22/h1-8H,9-10H2,(H,23,24). The van der Waals surface area contributed by atoms with E-state index < -0.39 is 0 Å². The number of fused-ring (bicyclic) bond motifs is 3. The molecule has 1 aliphatic rings. The maximum atomic E-state index is 12.5. The van der Waals surface area contributed by atoms with Crippen molar-refractivity contribution in [2.75, 3.05) is 0 Å². The van der Waals surface area contributed by atoms with Gasteiger partial charge in [-0.1, -0.05) is 54.1 Å². The molecule has 4 heteroatoms. The molecule has 0 aliphatic heterocycles. The maximum absolute atomic E-state index is 12.5. The van der Waals surface area contributed by atoms with Crippen molar-refractivity contribution in [2.45, 2.75) is 12.8 Å². The van der Waals surface area contributed by atoms with E-state index in [0.29, 0.717) is 10.6 Å². The van der Waals surface area contributed by atoms with Crippen molar-refractivity contribution in [2.24, 2.45) is 0 Å². The van der Waals surface area contributed by atoms with E-state index in [1.54, 1.807) is 6.07 Å². The summed E-state index contributed by atoms with van der Waals surface area (Å²) in [4.78, 5) is 15.4. The Morgan fingerprint density at radius 1 is 1.00 bits per heavy atom. The molecule has 4 rings (SSSR count). The maximum Gasteiger partial charge on any atom is 0.266 e. The number of nitrogens with one attached hydrogen (secondary N) is 1. The molecule has 1 aromatic heterocycles. The fourth-order valence-corrected chi connectivity index (χ4v) is 3.66. The quantitative estimate of drug-likeness (QED) is 0.721. The molecule has 0 saturated carbocycles. The lowest BCUT2D eigenvalue weighted by atomic mass is 9.83. The van der Waals surface area contributed by atoms with Crippen molar-refractivity contribution >= 4 is 11.6 Å². The molecule has 0 atom stereocenters. The molecule has 1 N–H and O–H groups in total. The second kappa shape index (κ2) is 5.67. The fraction of sp³-hybridized carbons (Fsp3) is 0.100. The summed E-state index contributed by atoms with van der Waals surface area (Å²) in [5.74, 6) is 0. The Hall–Kier alpha value is -2.83. The number of hydrogen-bond donors (Lipinski definition) is 1. The van der Waals surface area contributed by atoms with Crippen LogP contribution < -0.4 is 5.56 Å². The third-order valence-corrected chi connectivity index (χ3v) is 4.83. The van der Waals surface area contributed by atoms with Crippen LogP contribution >= 0.6 is 11.6 Å². The fourth-order valence-electron chi connectivity index (χ4n) is 3.43. The van der Waals surface area contributed by atoms with Gasteiger partial charge >= 0.3 is 0 Å². The number of rotatable bonds is 1. The van der Waals surface area contributed by atoms with Gasteiger partial charge in [0, 0.05) is 21.7 Å². The highest BCUT2D eigenvalue weighted by molar-refractivity contribution is 6.33. The van der Waals surface area contributed by atoms with Crippen molar-refractivity contribution in [1.29, 1.82) is 5.26 Å². The number of aryl methyl sites for hydroxylation is 1. The first kappa shape index (κ1) is 14.7. The van der Waals surface area contributed by atoms with Crippen LogP contribution in [0.25, 0.3) is 22.4 Å². The van der Waals surface area contributed by atoms with Crippen LogP contribution in [0.2, 0.25) is 5.02 Å². The van der Waals surface area contributed by atoms with Gasteiger partial charge in [-0.2, -0.15) is 5.26 Å². The average molecular weight is 333 g/mol. The molecule has 0 saturated heterocycles. The minimum absolute atomic E-state index is 0.126. The normalized spacial score (nSPS) is 12.2. The summed E-state index contributed by atoms with van der Waals surface area (Å²) in [5.41, 5.74) is 5.16. The van der Waals surface area contributed by atoms with E-state index in [2.05, 4.69) is 17.1 Å². The second-order valence-electron chi connectivity index (χ2n) is 5.81. The van der Waals surface area contributed by atoms with E-state index in [0.717, 1.165) is 35.2 Å². The van der Waals surface area contributed by atoms with Gasteiger partial charge in [-0.3, -0.25) is 4.79 Å². The Balaban J connectivity index is 2.12. The summed E-state index contributed by atoms with van der Waals surface area (Å²) >= 11 is 6.36. The summed E-state index contributed by atoms with van der Waals surface area (Å²) in [7, 11) is 0. The zero-order valence-electron chi connectivity index (χ0n) is 12.8. The molecular formula is C20H13ClN2O. The van der Waals surface area contributed by atoms with Crippen LogP contribution in [0, 0.1) is 11.3 Å². The summed E-state index contributed by atoms with van der Waals surface area (Å²) in [6.07, 6.45) is 1.63. The van der Waals surface area contributed by atoms with Crippen molar-refractivity contribution in [3.63, 3.8) is 0 Å². The minimum atomic E-state index is -0.372. The smallest absolute Gasteiger partial charge is 0.266 e. The predicted octanol–water partition coefficient (Wildman–Crippen LogP) is 4.33.